The monoisotopic (exact) mass is 116 g/mol. The minimum atomic E-state index is 0.169. The zero-order chi connectivity index (χ0) is 6.57. The van der Waals surface area contributed by atoms with Crippen LogP contribution in [0.5, 0.6) is 0 Å². The molecule has 0 heterocycles. The minimum Gasteiger partial charge on any atom is -0.394 e. The minimum absolute atomic E-state index is 0.169. The topological polar surface area (TPSA) is 45.1 Å². The van der Waals surface area contributed by atoms with Gasteiger partial charge >= 0.3 is 0 Å². The molecule has 2 N–H and O–H groups in total. The van der Waals surface area contributed by atoms with Gasteiger partial charge in [0.05, 0.1) is 0 Å². The number of hydrogen-bond acceptors (Lipinski definition) is 3. The first-order valence-electron chi connectivity index (χ1n) is 2.60. The third-order valence-electron chi connectivity index (χ3n) is 0.736. The van der Waals surface area contributed by atoms with Gasteiger partial charge in [0.25, 0.3) is 0 Å². The van der Waals surface area contributed by atoms with Gasteiger partial charge < -0.3 is 4.84 Å². The Balaban J connectivity index is 3.33. The molecule has 0 fully saturated rings. The Morgan fingerprint density at radius 2 is 2.12 bits per heavy atom. The smallest absolute Gasteiger partial charge is 0.209 e. The molecule has 0 amide bonds. The normalized spacial score (nSPS) is 9.50. The van der Waals surface area contributed by atoms with E-state index in [-0.39, 0.29) is 11.8 Å². The van der Waals surface area contributed by atoms with E-state index in [0.29, 0.717) is 0 Å². The Kier molecular flexibility index (Phi) is 3.19. The molecule has 0 aliphatic heterocycles. The number of nitrogens with one attached hydrogen (secondary N) is 2. The van der Waals surface area contributed by atoms with Crippen LogP contribution in [0, 0.1) is 11.3 Å². The first-order valence-corrected chi connectivity index (χ1v) is 2.60. The lowest BCUT2D eigenvalue weighted by atomic mass is 10.2. The number of hydroxylamine groups is 1. The standard InChI is InChI=1S/C5H12N2O/c1-4(2)5(6)8-7-3/h4,6-7H,1-3H3. The lowest BCUT2D eigenvalue weighted by Gasteiger charge is -2.05. The molecule has 0 rings (SSSR count). The van der Waals surface area contributed by atoms with Gasteiger partial charge in [0, 0.05) is 13.0 Å². The van der Waals surface area contributed by atoms with Crippen molar-refractivity contribution in [3.05, 3.63) is 0 Å². The molecule has 0 aromatic rings. The Morgan fingerprint density at radius 1 is 1.62 bits per heavy atom. The summed E-state index contributed by atoms with van der Waals surface area (Å²) < 4.78 is 0. The summed E-state index contributed by atoms with van der Waals surface area (Å²) >= 11 is 0. The summed E-state index contributed by atoms with van der Waals surface area (Å²) in [5, 5.41) is 7.06. The Hall–Kier alpha value is -0.570. The molecular weight excluding hydrogens is 104 g/mol. The van der Waals surface area contributed by atoms with Crippen molar-refractivity contribution >= 4 is 5.90 Å². The summed E-state index contributed by atoms with van der Waals surface area (Å²) in [4.78, 5) is 4.64. The van der Waals surface area contributed by atoms with E-state index in [1.165, 1.54) is 0 Å². The van der Waals surface area contributed by atoms with Crippen LogP contribution in [0.3, 0.4) is 0 Å². The van der Waals surface area contributed by atoms with Crippen LogP contribution in [0.15, 0.2) is 0 Å². The first kappa shape index (κ1) is 7.43. The summed E-state index contributed by atoms with van der Waals surface area (Å²) in [6.45, 7) is 3.80. The maximum absolute atomic E-state index is 7.06. The average Bonchev–Trinajstić information content (AvgIpc) is 1.67. The van der Waals surface area contributed by atoms with Gasteiger partial charge in [-0.3, -0.25) is 5.41 Å². The van der Waals surface area contributed by atoms with Crippen LogP contribution in [0.4, 0.5) is 0 Å². The van der Waals surface area contributed by atoms with Crippen LogP contribution in [0.1, 0.15) is 13.8 Å². The zero-order valence-electron chi connectivity index (χ0n) is 5.49. The maximum atomic E-state index is 7.06. The highest BCUT2D eigenvalue weighted by Crippen LogP contribution is 1.92. The van der Waals surface area contributed by atoms with Crippen molar-refractivity contribution in [3.8, 4) is 0 Å². The van der Waals surface area contributed by atoms with Crippen molar-refractivity contribution in [1.82, 2.24) is 5.48 Å². The quantitative estimate of drug-likeness (QED) is 0.318. The molecule has 3 heteroatoms. The largest absolute Gasteiger partial charge is 0.394 e. The summed E-state index contributed by atoms with van der Waals surface area (Å²) in [7, 11) is 1.64. The van der Waals surface area contributed by atoms with Crippen LogP contribution in [-0.4, -0.2) is 12.9 Å². The van der Waals surface area contributed by atoms with Gasteiger partial charge in [0.2, 0.25) is 5.90 Å². The van der Waals surface area contributed by atoms with Crippen LogP contribution in [0.25, 0.3) is 0 Å². The van der Waals surface area contributed by atoms with Gasteiger partial charge in [-0.1, -0.05) is 13.8 Å². The van der Waals surface area contributed by atoms with Crippen LogP contribution >= 0.6 is 0 Å². The highest BCUT2D eigenvalue weighted by Gasteiger charge is 2.00. The Morgan fingerprint density at radius 3 is 2.25 bits per heavy atom. The molecule has 0 radical (unpaired) electrons. The predicted molar refractivity (Wildman–Crippen MR) is 32.7 cm³/mol. The molecule has 0 bridgehead atoms. The van der Waals surface area contributed by atoms with Gasteiger partial charge in [-0.15, -0.1) is 0 Å². The highest BCUT2D eigenvalue weighted by atomic mass is 16.6. The molecule has 3 nitrogen and oxygen atoms in total. The predicted octanol–water partition coefficient (Wildman–Crippen LogP) is 0.771. The van der Waals surface area contributed by atoms with Crippen molar-refractivity contribution < 1.29 is 4.84 Å². The molecule has 48 valence electrons. The third kappa shape index (κ3) is 2.58. The van der Waals surface area contributed by atoms with E-state index in [4.69, 9.17) is 5.41 Å². The number of rotatable bonds is 2. The van der Waals surface area contributed by atoms with Crippen molar-refractivity contribution in [3.63, 3.8) is 0 Å². The summed E-state index contributed by atoms with van der Waals surface area (Å²) in [5.74, 6) is 0.440. The fourth-order valence-electron chi connectivity index (χ4n) is 0.228. The Labute approximate surface area is 49.5 Å². The molecule has 0 spiro atoms. The van der Waals surface area contributed by atoms with Gasteiger partial charge in [-0.25, -0.2) is 0 Å². The van der Waals surface area contributed by atoms with E-state index in [0.717, 1.165) is 0 Å². The van der Waals surface area contributed by atoms with E-state index >= 15 is 0 Å². The molecule has 0 aromatic carbocycles. The SMILES string of the molecule is CNOC(=N)C(C)C. The second-order valence-corrected chi connectivity index (χ2v) is 1.83. The van der Waals surface area contributed by atoms with Gasteiger partial charge in [-0.2, -0.15) is 5.48 Å². The van der Waals surface area contributed by atoms with E-state index in [9.17, 15) is 0 Å². The molecular formula is C5H12N2O. The van der Waals surface area contributed by atoms with Crippen LogP contribution in [-0.2, 0) is 4.84 Å². The molecule has 0 aromatic heterocycles. The maximum Gasteiger partial charge on any atom is 0.209 e. The highest BCUT2D eigenvalue weighted by molar-refractivity contribution is 5.74. The van der Waals surface area contributed by atoms with Crippen molar-refractivity contribution in [2.45, 2.75) is 13.8 Å². The molecule has 0 aliphatic carbocycles. The van der Waals surface area contributed by atoms with E-state index in [1.54, 1.807) is 7.05 Å². The van der Waals surface area contributed by atoms with E-state index < -0.39 is 0 Å². The van der Waals surface area contributed by atoms with Gasteiger partial charge in [-0.05, 0) is 0 Å². The van der Waals surface area contributed by atoms with Crippen LogP contribution < -0.4 is 5.48 Å². The number of hydrogen-bond donors (Lipinski definition) is 2. The molecule has 0 unspecified atom stereocenters. The zero-order valence-corrected chi connectivity index (χ0v) is 5.49. The first-order chi connectivity index (χ1) is 3.68. The molecule has 0 aliphatic rings. The summed E-state index contributed by atoms with van der Waals surface area (Å²) in [6.07, 6.45) is 0. The fourth-order valence-corrected chi connectivity index (χ4v) is 0.228. The van der Waals surface area contributed by atoms with E-state index in [1.807, 2.05) is 13.8 Å². The summed E-state index contributed by atoms with van der Waals surface area (Å²) in [5.41, 5.74) is 2.42. The molecule has 0 saturated carbocycles. The van der Waals surface area contributed by atoms with E-state index in [2.05, 4.69) is 10.3 Å². The average molecular weight is 116 g/mol. The Bertz CT molecular complexity index is 80.5. The van der Waals surface area contributed by atoms with Gasteiger partial charge in [0.15, 0.2) is 0 Å². The van der Waals surface area contributed by atoms with Gasteiger partial charge in [0.1, 0.15) is 0 Å². The molecule has 0 saturated heterocycles. The molecule has 8 heavy (non-hydrogen) atoms. The van der Waals surface area contributed by atoms with Crippen molar-refractivity contribution in [2.24, 2.45) is 5.92 Å². The second kappa shape index (κ2) is 3.43. The lowest BCUT2D eigenvalue weighted by molar-refractivity contribution is 0.192. The van der Waals surface area contributed by atoms with Crippen molar-refractivity contribution in [2.75, 3.05) is 7.05 Å². The second-order valence-electron chi connectivity index (χ2n) is 1.83. The fraction of sp³-hybridized carbons (Fsp3) is 0.800. The molecule has 0 atom stereocenters. The van der Waals surface area contributed by atoms with Crippen LogP contribution in [0.2, 0.25) is 0 Å². The third-order valence-corrected chi connectivity index (χ3v) is 0.736. The lowest BCUT2D eigenvalue weighted by Crippen LogP contribution is -2.18. The van der Waals surface area contributed by atoms with Crippen molar-refractivity contribution in [1.29, 1.82) is 5.41 Å². The summed E-state index contributed by atoms with van der Waals surface area (Å²) in [6, 6.07) is 0.